The van der Waals surface area contributed by atoms with E-state index in [9.17, 15) is 4.79 Å². The van der Waals surface area contributed by atoms with Crippen molar-refractivity contribution < 1.29 is 0 Å². The molecule has 0 aliphatic rings. The standard InChI is InChI=1S/C11H6N4O/c12-5-7(6-13)10-14-9-4-2-1-3-8(9)11(16)15-10/h1-4,7H,(H,14,15,16). The predicted octanol–water partition coefficient (Wildman–Crippen LogP) is 1.05. The number of fused-ring (bicyclic) bond motifs is 1. The zero-order valence-electron chi connectivity index (χ0n) is 8.14. The molecule has 0 saturated carbocycles. The van der Waals surface area contributed by atoms with Gasteiger partial charge >= 0.3 is 0 Å². The Labute approximate surface area is 90.6 Å². The minimum Gasteiger partial charge on any atom is -0.308 e. The van der Waals surface area contributed by atoms with E-state index in [1.54, 1.807) is 36.4 Å². The van der Waals surface area contributed by atoms with Gasteiger partial charge < -0.3 is 4.98 Å². The molecule has 0 fully saturated rings. The Morgan fingerprint density at radius 3 is 2.62 bits per heavy atom. The zero-order chi connectivity index (χ0) is 11.5. The number of benzene rings is 1. The smallest absolute Gasteiger partial charge is 0.258 e. The first-order valence-corrected chi connectivity index (χ1v) is 4.54. The van der Waals surface area contributed by atoms with Gasteiger partial charge in [-0.3, -0.25) is 4.79 Å². The minimum absolute atomic E-state index is 0.0914. The summed E-state index contributed by atoms with van der Waals surface area (Å²) in [6.45, 7) is 0. The third-order valence-corrected chi connectivity index (χ3v) is 2.16. The van der Waals surface area contributed by atoms with Crippen molar-refractivity contribution in [3.8, 4) is 12.1 Å². The van der Waals surface area contributed by atoms with Crippen LogP contribution in [0.3, 0.4) is 0 Å². The fraction of sp³-hybridized carbons (Fsp3) is 0.0909. The maximum atomic E-state index is 11.6. The topological polar surface area (TPSA) is 93.3 Å². The second-order valence-corrected chi connectivity index (χ2v) is 3.16. The van der Waals surface area contributed by atoms with Crippen LogP contribution in [0, 0.1) is 22.7 Å². The number of rotatable bonds is 1. The highest BCUT2D eigenvalue weighted by Crippen LogP contribution is 2.11. The second-order valence-electron chi connectivity index (χ2n) is 3.16. The van der Waals surface area contributed by atoms with Gasteiger partial charge in [-0.05, 0) is 12.1 Å². The van der Waals surface area contributed by atoms with Gasteiger partial charge in [0.25, 0.3) is 5.56 Å². The summed E-state index contributed by atoms with van der Waals surface area (Å²) in [4.78, 5) is 18.1. The predicted molar refractivity (Wildman–Crippen MR) is 56.3 cm³/mol. The molecule has 0 bridgehead atoms. The first kappa shape index (κ1) is 9.88. The Kier molecular flexibility index (Phi) is 2.37. The molecule has 5 heteroatoms. The highest BCUT2D eigenvalue weighted by Gasteiger charge is 2.13. The van der Waals surface area contributed by atoms with Crippen molar-refractivity contribution in [2.45, 2.75) is 5.92 Å². The van der Waals surface area contributed by atoms with Crippen molar-refractivity contribution in [2.24, 2.45) is 0 Å². The van der Waals surface area contributed by atoms with Gasteiger partial charge in [0.1, 0.15) is 5.82 Å². The number of aromatic amines is 1. The number of hydrogen-bond donors (Lipinski definition) is 1. The summed E-state index contributed by atoms with van der Waals surface area (Å²) in [7, 11) is 0. The van der Waals surface area contributed by atoms with Gasteiger partial charge in [-0.15, -0.1) is 0 Å². The molecule has 0 saturated heterocycles. The van der Waals surface area contributed by atoms with Gasteiger partial charge in [0.2, 0.25) is 0 Å². The Hall–Kier alpha value is -2.66. The molecule has 0 aliphatic heterocycles. The molecular weight excluding hydrogens is 204 g/mol. The average Bonchev–Trinajstić information content (AvgIpc) is 2.31. The van der Waals surface area contributed by atoms with Crippen LogP contribution in [0.25, 0.3) is 10.9 Å². The van der Waals surface area contributed by atoms with Crippen LogP contribution in [0.2, 0.25) is 0 Å². The zero-order valence-corrected chi connectivity index (χ0v) is 8.14. The first-order valence-electron chi connectivity index (χ1n) is 4.54. The summed E-state index contributed by atoms with van der Waals surface area (Å²) in [6, 6.07) is 10.3. The van der Waals surface area contributed by atoms with E-state index in [0.29, 0.717) is 10.9 Å². The molecule has 0 amide bonds. The number of nitrogens with one attached hydrogen (secondary N) is 1. The molecule has 1 aromatic carbocycles. The molecule has 0 aliphatic carbocycles. The largest absolute Gasteiger partial charge is 0.308 e. The van der Waals surface area contributed by atoms with Crippen molar-refractivity contribution in [1.82, 2.24) is 9.97 Å². The number of nitriles is 2. The quantitative estimate of drug-likeness (QED) is 0.761. The van der Waals surface area contributed by atoms with E-state index < -0.39 is 5.92 Å². The SMILES string of the molecule is N#CC(C#N)c1nc2ccccc2c(=O)[nH]1. The summed E-state index contributed by atoms with van der Waals surface area (Å²) in [5.41, 5.74) is 0.146. The monoisotopic (exact) mass is 210 g/mol. The molecule has 5 nitrogen and oxygen atoms in total. The number of H-pyrrole nitrogens is 1. The van der Waals surface area contributed by atoms with E-state index in [1.807, 2.05) is 0 Å². The summed E-state index contributed by atoms with van der Waals surface area (Å²) in [5, 5.41) is 17.9. The van der Waals surface area contributed by atoms with Crippen molar-refractivity contribution in [3.63, 3.8) is 0 Å². The molecule has 0 unspecified atom stereocenters. The molecule has 1 aromatic heterocycles. The van der Waals surface area contributed by atoms with E-state index in [0.717, 1.165) is 0 Å². The van der Waals surface area contributed by atoms with Crippen LogP contribution in [-0.4, -0.2) is 9.97 Å². The fourth-order valence-corrected chi connectivity index (χ4v) is 1.39. The maximum absolute atomic E-state index is 11.6. The highest BCUT2D eigenvalue weighted by atomic mass is 16.1. The Bertz CT molecular complexity index is 661. The third kappa shape index (κ3) is 1.51. The lowest BCUT2D eigenvalue weighted by atomic mass is 10.1. The number of aromatic nitrogens is 2. The molecule has 2 aromatic rings. The third-order valence-electron chi connectivity index (χ3n) is 2.16. The van der Waals surface area contributed by atoms with E-state index in [1.165, 1.54) is 0 Å². The lowest BCUT2D eigenvalue weighted by Crippen LogP contribution is -2.13. The van der Waals surface area contributed by atoms with Gasteiger partial charge in [0, 0.05) is 0 Å². The number of hydrogen-bond acceptors (Lipinski definition) is 4. The van der Waals surface area contributed by atoms with E-state index in [2.05, 4.69) is 9.97 Å². The molecule has 16 heavy (non-hydrogen) atoms. The van der Waals surface area contributed by atoms with Crippen molar-refractivity contribution >= 4 is 10.9 Å². The minimum atomic E-state index is -1.04. The molecule has 1 heterocycles. The van der Waals surface area contributed by atoms with Gasteiger partial charge in [-0.25, -0.2) is 4.98 Å². The van der Waals surface area contributed by atoms with E-state index >= 15 is 0 Å². The number of para-hydroxylation sites is 1. The Morgan fingerprint density at radius 1 is 1.25 bits per heavy atom. The van der Waals surface area contributed by atoms with E-state index in [4.69, 9.17) is 10.5 Å². The summed E-state index contributed by atoms with van der Waals surface area (Å²) >= 11 is 0. The Morgan fingerprint density at radius 2 is 1.94 bits per heavy atom. The first-order chi connectivity index (χ1) is 7.76. The molecule has 1 N–H and O–H groups in total. The van der Waals surface area contributed by atoms with Crippen LogP contribution in [0.4, 0.5) is 0 Å². The molecular formula is C11H6N4O. The molecule has 2 rings (SSSR count). The van der Waals surface area contributed by atoms with Crippen molar-refractivity contribution in [2.75, 3.05) is 0 Å². The molecule has 0 spiro atoms. The van der Waals surface area contributed by atoms with Gasteiger partial charge in [0.05, 0.1) is 23.0 Å². The average molecular weight is 210 g/mol. The number of nitrogens with zero attached hydrogens (tertiary/aromatic N) is 3. The molecule has 0 radical (unpaired) electrons. The summed E-state index contributed by atoms with van der Waals surface area (Å²) < 4.78 is 0. The lowest BCUT2D eigenvalue weighted by Gasteiger charge is -2.01. The van der Waals surface area contributed by atoms with Gasteiger partial charge in [-0.2, -0.15) is 10.5 Å². The van der Waals surface area contributed by atoms with Crippen LogP contribution in [0.1, 0.15) is 11.7 Å². The van der Waals surface area contributed by atoms with Gasteiger partial charge in [0.15, 0.2) is 5.92 Å². The Balaban J connectivity index is 2.74. The van der Waals surface area contributed by atoms with Crippen LogP contribution >= 0.6 is 0 Å². The van der Waals surface area contributed by atoms with Crippen LogP contribution < -0.4 is 5.56 Å². The van der Waals surface area contributed by atoms with Crippen molar-refractivity contribution in [1.29, 1.82) is 10.5 Å². The molecule has 0 atom stereocenters. The summed E-state index contributed by atoms with van der Waals surface area (Å²) in [6.07, 6.45) is 0. The lowest BCUT2D eigenvalue weighted by molar-refractivity contribution is 0.929. The summed E-state index contributed by atoms with van der Waals surface area (Å²) in [5.74, 6) is -0.953. The maximum Gasteiger partial charge on any atom is 0.258 e. The van der Waals surface area contributed by atoms with E-state index in [-0.39, 0.29) is 11.4 Å². The van der Waals surface area contributed by atoms with Crippen LogP contribution in [-0.2, 0) is 0 Å². The highest BCUT2D eigenvalue weighted by molar-refractivity contribution is 5.77. The molecule has 76 valence electrons. The fourth-order valence-electron chi connectivity index (χ4n) is 1.39. The van der Waals surface area contributed by atoms with Crippen molar-refractivity contribution in [3.05, 3.63) is 40.4 Å². The van der Waals surface area contributed by atoms with Gasteiger partial charge in [-0.1, -0.05) is 12.1 Å². The van der Waals surface area contributed by atoms with Crippen LogP contribution in [0.5, 0.6) is 0 Å². The normalized spacial score (nSPS) is 9.94. The van der Waals surface area contributed by atoms with Crippen LogP contribution in [0.15, 0.2) is 29.1 Å². The second kappa shape index (κ2) is 3.84.